The number of halogens is 1. The number of aryl methyl sites for hydroxylation is 1. The van der Waals surface area contributed by atoms with Crippen LogP contribution in [0.5, 0.6) is 5.75 Å². The molecule has 0 bridgehead atoms. The minimum atomic E-state index is -0.294. The van der Waals surface area contributed by atoms with Crippen LogP contribution in [-0.2, 0) is 6.42 Å². The molecule has 0 saturated carbocycles. The zero-order chi connectivity index (χ0) is 15.2. The number of carbonyl (C=O) groups excluding carboxylic acids is 1. The Bertz CT molecular complexity index is 494. The molecule has 0 saturated heterocycles. The molecule has 0 spiro atoms. The molecule has 1 atom stereocenters. The van der Waals surface area contributed by atoms with E-state index in [9.17, 15) is 4.79 Å². The van der Waals surface area contributed by atoms with Crippen molar-refractivity contribution < 1.29 is 9.53 Å². The van der Waals surface area contributed by atoms with E-state index < -0.39 is 0 Å². The van der Waals surface area contributed by atoms with E-state index in [1.807, 2.05) is 18.2 Å². The lowest BCUT2D eigenvalue weighted by molar-refractivity contribution is 0.162. The van der Waals surface area contributed by atoms with Crippen LogP contribution >= 0.6 is 12.4 Å². The lowest BCUT2D eigenvalue weighted by atomic mass is 10.1. The summed E-state index contributed by atoms with van der Waals surface area (Å²) in [6.07, 6.45) is 6.29. The van der Waals surface area contributed by atoms with Gasteiger partial charge in [-0.3, -0.25) is 0 Å². The van der Waals surface area contributed by atoms with Crippen LogP contribution in [0.3, 0.4) is 0 Å². The van der Waals surface area contributed by atoms with Gasteiger partial charge in [-0.15, -0.1) is 12.4 Å². The van der Waals surface area contributed by atoms with Crippen LogP contribution in [0.2, 0.25) is 0 Å². The van der Waals surface area contributed by atoms with Crippen molar-refractivity contribution in [3.8, 4) is 5.75 Å². The summed E-state index contributed by atoms with van der Waals surface area (Å²) in [6.45, 7) is 2.92. The van der Waals surface area contributed by atoms with Gasteiger partial charge in [0.05, 0.1) is 0 Å². The first kappa shape index (κ1) is 18.8. The Morgan fingerprint density at radius 3 is 2.86 bits per heavy atom. The number of fused-ring (bicyclic) bond motifs is 1. The molecule has 0 radical (unpaired) electrons. The number of hydrogen-bond acceptors (Lipinski definition) is 3. The molecule has 1 amide bonds. The maximum atomic E-state index is 12.0. The number of benzene rings is 1. The second-order valence-electron chi connectivity index (χ2n) is 5.86. The van der Waals surface area contributed by atoms with Gasteiger partial charge in [0.2, 0.25) is 0 Å². The molecule has 0 aromatic heterocycles. The van der Waals surface area contributed by atoms with Gasteiger partial charge < -0.3 is 15.4 Å². The summed E-state index contributed by atoms with van der Waals surface area (Å²) in [6, 6.07) is 5.87. The van der Waals surface area contributed by atoms with E-state index in [4.69, 9.17) is 10.5 Å². The first-order valence-electron chi connectivity index (χ1n) is 7.93. The topological polar surface area (TPSA) is 55.6 Å². The second kappa shape index (κ2) is 9.01. The molecule has 4 nitrogen and oxygen atoms in total. The van der Waals surface area contributed by atoms with Gasteiger partial charge in [-0.05, 0) is 42.5 Å². The van der Waals surface area contributed by atoms with Gasteiger partial charge in [0.25, 0.3) is 0 Å². The van der Waals surface area contributed by atoms with E-state index in [-0.39, 0.29) is 24.5 Å². The molecule has 0 fully saturated rings. The molecule has 124 valence electrons. The Hall–Kier alpha value is -1.26. The smallest absolute Gasteiger partial charge is 0.410 e. The van der Waals surface area contributed by atoms with Gasteiger partial charge in [0.1, 0.15) is 5.75 Å². The van der Waals surface area contributed by atoms with Crippen LogP contribution in [0.25, 0.3) is 0 Å². The summed E-state index contributed by atoms with van der Waals surface area (Å²) in [4.78, 5) is 13.7. The quantitative estimate of drug-likeness (QED) is 0.802. The van der Waals surface area contributed by atoms with Crippen molar-refractivity contribution in [2.24, 2.45) is 5.73 Å². The predicted octanol–water partition coefficient (Wildman–Crippen LogP) is 4.07. The number of nitrogens with zero attached hydrogens (tertiary/aromatic N) is 1. The molecule has 1 aromatic carbocycles. The Balaban J connectivity index is 0.00000242. The summed E-state index contributed by atoms with van der Waals surface area (Å²) >= 11 is 0. The van der Waals surface area contributed by atoms with Crippen molar-refractivity contribution in [1.29, 1.82) is 0 Å². The molecule has 1 aliphatic rings. The van der Waals surface area contributed by atoms with Gasteiger partial charge in [0.15, 0.2) is 0 Å². The van der Waals surface area contributed by atoms with E-state index >= 15 is 0 Å². The van der Waals surface area contributed by atoms with Gasteiger partial charge in [0, 0.05) is 19.6 Å². The maximum absolute atomic E-state index is 12.0. The molecule has 1 aliphatic carbocycles. The number of hydrogen-bond donors (Lipinski definition) is 1. The molecular weight excluding hydrogens is 300 g/mol. The SMILES string of the molecule is CCCCCCN(C)C(=O)Oc1ccc2c(c1)C(N)CC2.Cl. The Labute approximate surface area is 139 Å². The Morgan fingerprint density at radius 1 is 1.36 bits per heavy atom. The summed E-state index contributed by atoms with van der Waals surface area (Å²) in [5.41, 5.74) is 8.44. The van der Waals surface area contributed by atoms with E-state index in [2.05, 4.69) is 6.92 Å². The number of amides is 1. The summed E-state index contributed by atoms with van der Waals surface area (Å²) in [5, 5.41) is 0. The fraction of sp³-hybridized carbons (Fsp3) is 0.588. The second-order valence-corrected chi connectivity index (χ2v) is 5.86. The standard InChI is InChI=1S/C17H26N2O2.ClH/c1-3-4-5-6-11-19(2)17(20)21-14-9-7-13-8-10-16(18)15(13)12-14;/h7,9,12,16H,3-6,8,10-11,18H2,1-2H3;1H. The molecule has 22 heavy (non-hydrogen) atoms. The van der Waals surface area contributed by atoms with Crippen molar-refractivity contribution in [1.82, 2.24) is 4.90 Å². The first-order chi connectivity index (χ1) is 10.1. The minimum Gasteiger partial charge on any atom is -0.410 e. The maximum Gasteiger partial charge on any atom is 0.414 e. The van der Waals surface area contributed by atoms with Crippen LogP contribution < -0.4 is 10.5 Å². The molecule has 2 rings (SSSR count). The lowest BCUT2D eigenvalue weighted by Crippen LogP contribution is -2.30. The Kier molecular flexibility index (Phi) is 7.69. The van der Waals surface area contributed by atoms with Gasteiger partial charge in [-0.2, -0.15) is 0 Å². The Morgan fingerprint density at radius 2 is 2.14 bits per heavy atom. The highest BCUT2D eigenvalue weighted by atomic mass is 35.5. The molecule has 5 heteroatoms. The fourth-order valence-electron chi connectivity index (χ4n) is 2.72. The first-order valence-corrected chi connectivity index (χ1v) is 7.93. The van der Waals surface area contributed by atoms with Crippen molar-refractivity contribution in [3.63, 3.8) is 0 Å². The normalized spacial score (nSPS) is 15.9. The zero-order valence-corrected chi connectivity index (χ0v) is 14.3. The van der Waals surface area contributed by atoms with Gasteiger partial charge in [-0.25, -0.2) is 4.79 Å². The highest BCUT2D eigenvalue weighted by Crippen LogP contribution is 2.32. The van der Waals surface area contributed by atoms with E-state index in [1.54, 1.807) is 11.9 Å². The van der Waals surface area contributed by atoms with Crippen LogP contribution in [0.4, 0.5) is 4.79 Å². The number of carbonyl (C=O) groups is 1. The van der Waals surface area contributed by atoms with Crippen molar-refractivity contribution in [2.45, 2.75) is 51.5 Å². The monoisotopic (exact) mass is 326 g/mol. The van der Waals surface area contributed by atoms with E-state index in [0.29, 0.717) is 5.75 Å². The summed E-state index contributed by atoms with van der Waals surface area (Å²) < 4.78 is 5.44. The highest BCUT2D eigenvalue weighted by Gasteiger charge is 2.20. The van der Waals surface area contributed by atoms with Crippen LogP contribution in [0.1, 0.15) is 56.2 Å². The number of rotatable bonds is 6. The minimum absolute atomic E-state index is 0. The number of ether oxygens (including phenoxy) is 1. The highest BCUT2D eigenvalue weighted by molar-refractivity contribution is 5.85. The molecule has 0 heterocycles. The van der Waals surface area contributed by atoms with E-state index in [1.165, 1.54) is 18.4 Å². The molecule has 1 aromatic rings. The van der Waals surface area contributed by atoms with Crippen molar-refractivity contribution in [2.75, 3.05) is 13.6 Å². The number of nitrogens with two attached hydrogens (primary N) is 1. The molecule has 1 unspecified atom stereocenters. The predicted molar refractivity (Wildman–Crippen MR) is 91.7 cm³/mol. The third-order valence-electron chi connectivity index (χ3n) is 4.11. The largest absolute Gasteiger partial charge is 0.414 e. The van der Waals surface area contributed by atoms with Crippen LogP contribution in [0.15, 0.2) is 18.2 Å². The average molecular weight is 327 g/mol. The van der Waals surface area contributed by atoms with Gasteiger partial charge in [-0.1, -0.05) is 32.3 Å². The van der Waals surface area contributed by atoms with Crippen LogP contribution in [0, 0.1) is 0 Å². The zero-order valence-electron chi connectivity index (χ0n) is 13.5. The lowest BCUT2D eigenvalue weighted by Gasteiger charge is -2.17. The van der Waals surface area contributed by atoms with Gasteiger partial charge >= 0.3 is 6.09 Å². The third-order valence-corrected chi connectivity index (χ3v) is 4.11. The van der Waals surface area contributed by atoms with E-state index in [0.717, 1.165) is 37.8 Å². The summed E-state index contributed by atoms with van der Waals surface area (Å²) in [7, 11) is 1.79. The molecule has 0 aliphatic heterocycles. The fourth-order valence-corrected chi connectivity index (χ4v) is 2.72. The average Bonchev–Trinajstić information content (AvgIpc) is 2.84. The summed E-state index contributed by atoms with van der Waals surface area (Å²) in [5.74, 6) is 0.594. The third kappa shape index (κ3) is 4.89. The molecule has 2 N–H and O–H groups in total. The molecular formula is C17H27ClN2O2. The van der Waals surface area contributed by atoms with Crippen LogP contribution in [-0.4, -0.2) is 24.6 Å². The number of unbranched alkanes of at least 4 members (excludes halogenated alkanes) is 3. The van der Waals surface area contributed by atoms with Crippen molar-refractivity contribution >= 4 is 18.5 Å². The van der Waals surface area contributed by atoms with Crippen molar-refractivity contribution in [3.05, 3.63) is 29.3 Å².